The average molecular weight is 391 g/mol. The number of amides is 1. The fourth-order valence-corrected chi connectivity index (χ4v) is 2.86. The first-order valence-electron chi connectivity index (χ1n) is 8.63. The van der Waals surface area contributed by atoms with Gasteiger partial charge in [-0.05, 0) is 29.3 Å². The third kappa shape index (κ3) is 4.62. The molecule has 146 valence electrons. The minimum absolute atomic E-state index is 0.0189. The monoisotopic (exact) mass is 391 g/mol. The Kier molecular flexibility index (Phi) is 5.94. The number of hydrogen-bond donors (Lipinski definition) is 1. The van der Waals surface area contributed by atoms with Crippen molar-refractivity contribution in [2.75, 3.05) is 7.11 Å². The van der Waals surface area contributed by atoms with Gasteiger partial charge in [-0.15, -0.1) is 0 Å². The number of nitro benzene ring substituents is 1. The van der Waals surface area contributed by atoms with Crippen molar-refractivity contribution >= 4 is 17.6 Å². The summed E-state index contributed by atoms with van der Waals surface area (Å²) in [6.45, 7) is 0. The quantitative estimate of drug-likeness (QED) is 0.392. The van der Waals surface area contributed by atoms with Crippen LogP contribution >= 0.6 is 0 Å². The number of ether oxygens (including phenoxy) is 1. The molecule has 0 radical (unpaired) electrons. The molecule has 2 aromatic carbocycles. The van der Waals surface area contributed by atoms with Crippen LogP contribution in [0.5, 0.6) is 0 Å². The molecule has 0 saturated carbocycles. The van der Waals surface area contributed by atoms with E-state index in [2.05, 4.69) is 15.0 Å². The lowest BCUT2D eigenvalue weighted by Crippen LogP contribution is -2.29. The van der Waals surface area contributed by atoms with Crippen LogP contribution in [0.25, 0.3) is 0 Å². The Morgan fingerprint density at radius 3 is 2.24 bits per heavy atom. The molecule has 29 heavy (non-hydrogen) atoms. The number of non-ortho nitro benzene ring substituents is 1. The van der Waals surface area contributed by atoms with Crippen LogP contribution in [0.15, 0.2) is 73.1 Å². The minimum Gasteiger partial charge on any atom is -0.465 e. The standard InChI is InChI=1S/C21H17N3O5/c1-29-21(26)17-11-16(12-18(13-17)24(27)28)20(25)23-19(14-5-3-2-4-6-14)15-7-9-22-10-8-15/h2-13,19H,1H3,(H,23,25). The molecular formula is C21H17N3O5. The molecule has 0 aliphatic carbocycles. The summed E-state index contributed by atoms with van der Waals surface area (Å²) in [5.74, 6) is -1.33. The Balaban J connectivity index is 1.99. The van der Waals surface area contributed by atoms with Crippen LogP contribution < -0.4 is 5.32 Å². The number of nitrogens with one attached hydrogen (secondary N) is 1. The van der Waals surface area contributed by atoms with Gasteiger partial charge in [0.25, 0.3) is 11.6 Å². The predicted molar refractivity (Wildman–Crippen MR) is 104 cm³/mol. The maximum Gasteiger partial charge on any atom is 0.338 e. The summed E-state index contributed by atoms with van der Waals surface area (Å²) < 4.78 is 4.63. The average Bonchev–Trinajstić information content (AvgIpc) is 2.77. The molecule has 0 aliphatic rings. The normalized spacial score (nSPS) is 11.3. The van der Waals surface area contributed by atoms with Gasteiger partial charge in [0.15, 0.2) is 0 Å². The summed E-state index contributed by atoms with van der Waals surface area (Å²) in [5.41, 5.74) is 1.14. The summed E-state index contributed by atoms with van der Waals surface area (Å²) in [6.07, 6.45) is 3.22. The van der Waals surface area contributed by atoms with E-state index < -0.39 is 22.8 Å². The predicted octanol–water partition coefficient (Wildman–Crippen LogP) is 3.30. The van der Waals surface area contributed by atoms with Gasteiger partial charge in [-0.2, -0.15) is 0 Å². The molecule has 1 atom stereocenters. The van der Waals surface area contributed by atoms with Crippen LogP contribution in [0.3, 0.4) is 0 Å². The van der Waals surface area contributed by atoms with Crippen LogP contribution in [0, 0.1) is 10.1 Å². The Labute approximate surface area is 166 Å². The van der Waals surface area contributed by atoms with Crippen molar-refractivity contribution in [2.24, 2.45) is 0 Å². The van der Waals surface area contributed by atoms with Gasteiger partial charge in [0.05, 0.1) is 23.6 Å². The highest BCUT2D eigenvalue weighted by molar-refractivity contribution is 5.99. The van der Waals surface area contributed by atoms with Gasteiger partial charge < -0.3 is 10.1 Å². The van der Waals surface area contributed by atoms with Crippen LogP contribution in [-0.4, -0.2) is 28.9 Å². The van der Waals surface area contributed by atoms with E-state index in [4.69, 9.17) is 0 Å². The number of carbonyl (C=O) groups is 2. The smallest absolute Gasteiger partial charge is 0.338 e. The molecule has 0 bridgehead atoms. The molecule has 3 rings (SSSR count). The zero-order chi connectivity index (χ0) is 20.8. The first-order valence-corrected chi connectivity index (χ1v) is 8.63. The van der Waals surface area contributed by atoms with E-state index in [1.165, 1.54) is 6.07 Å². The van der Waals surface area contributed by atoms with Crippen molar-refractivity contribution in [3.8, 4) is 0 Å². The van der Waals surface area contributed by atoms with Gasteiger partial charge in [-0.1, -0.05) is 30.3 Å². The highest BCUT2D eigenvalue weighted by Crippen LogP contribution is 2.23. The maximum atomic E-state index is 12.9. The second-order valence-corrected chi connectivity index (χ2v) is 6.11. The highest BCUT2D eigenvalue weighted by atomic mass is 16.6. The highest BCUT2D eigenvalue weighted by Gasteiger charge is 2.22. The molecule has 1 N–H and O–H groups in total. The Morgan fingerprint density at radius 1 is 1.00 bits per heavy atom. The summed E-state index contributed by atoms with van der Waals surface area (Å²) in [5, 5.41) is 14.1. The largest absolute Gasteiger partial charge is 0.465 e. The zero-order valence-corrected chi connectivity index (χ0v) is 15.4. The Morgan fingerprint density at radius 2 is 1.62 bits per heavy atom. The zero-order valence-electron chi connectivity index (χ0n) is 15.4. The van der Waals surface area contributed by atoms with Crippen molar-refractivity contribution < 1.29 is 19.2 Å². The van der Waals surface area contributed by atoms with Gasteiger partial charge in [-0.25, -0.2) is 4.79 Å². The number of rotatable bonds is 6. The van der Waals surface area contributed by atoms with E-state index in [-0.39, 0.29) is 16.8 Å². The van der Waals surface area contributed by atoms with Crippen LogP contribution in [-0.2, 0) is 4.74 Å². The van der Waals surface area contributed by atoms with Crippen LogP contribution in [0.1, 0.15) is 37.9 Å². The molecule has 1 heterocycles. The fourth-order valence-electron chi connectivity index (χ4n) is 2.86. The molecule has 0 saturated heterocycles. The number of nitro groups is 1. The fraction of sp³-hybridized carbons (Fsp3) is 0.0952. The number of benzene rings is 2. The molecule has 0 aliphatic heterocycles. The first-order chi connectivity index (χ1) is 14.0. The molecular weight excluding hydrogens is 374 g/mol. The van der Waals surface area contributed by atoms with Gasteiger partial charge >= 0.3 is 5.97 Å². The third-order valence-corrected chi connectivity index (χ3v) is 4.26. The lowest BCUT2D eigenvalue weighted by atomic mass is 9.99. The van der Waals surface area contributed by atoms with E-state index in [1.807, 2.05) is 30.3 Å². The maximum absolute atomic E-state index is 12.9. The van der Waals surface area contributed by atoms with Gasteiger partial charge in [0, 0.05) is 30.1 Å². The third-order valence-electron chi connectivity index (χ3n) is 4.26. The van der Waals surface area contributed by atoms with Crippen molar-refractivity contribution in [1.29, 1.82) is 0 Å². The van der Waals surface area contributed by atoms with Gasteiger partial charge in [-0.3, -0.25) is 19.9 Å². The lowest BCUT2D eigenvalue weighted by Gasteiger charge is -2.20. The molecule has 0 spiro atoms. The van der Waals surface area contributed by atoms with Gasteiger partial charge in [0.1, 0.15) is 0 Å². The lowest BCUT2D eigenvalue weighted by molar-refractivity contribution is -0.384. The summed E-state index contributed by atoms with van der Waals surface area (Å²) in [4.78, 5) is 39.3. The number of nitrogens with zero attached hydrogens (tertiary/aromatic N) is 2. The van der Waals surface area contributed by atoms with E-state index >= 15 is 0 Å². The van der Waals surface area contributed by atoms with Crippen molar-refractivity contribution in [1.82, 2.24) is 10.3 Å². The summed E-state index contributed by atoms with van der Waals surface area (Å²) in [6, 6.07) is 15.8. The Hall–Kier alpha value is -4.07. The minimum atomic E-state index is -0.767. The van der Waals surface area contributed by atoms with Gasteiger partial charge in [0.2, 0.25) is 0 Å². The first kappa shape index (κ1) is 19.7. The number of methoxy groups -OCH3 is 1. The second kappa shape index (κ2) is 8.75. The molecule has 0 fully saturated rings. The SMILES string of the molecule is COC(=O)c1cc(C(=O)NC(c2ccccc2)c2ccncc2)cc([N+](=O)[O-])c1. The number of carbonyl (C=O) groups excluding carboxylic acids is 2. The number of esters is 1. The van der Waals surface area contributed by atoms with E-state index in [0.717, 1.165) is 30.4 Å². The van der Waals surface area contributed by atoms with E-state index in [0.29, 0.717) is 0 Å². The molecule has 3 aromatic rings. The molecule has 1 aromatic heterocycles. The van der Waals surface area contributed by atoms with E-state index in [1.54, 1.807) is 24.5 Å². The second-order valence-electron chi connectivity index (χ2n) is 6.11. The topological polar surface area (TPSA) is 111 Å². The van der Waals surface area contributed by atoms with Crippen molar-refractivity contribution in [3.05, 3.63) is 105 Å². The summed E-state index contributed by atoms with van der Waals surface area (Å²) in [7, 11) is 1.16. The van der Waals surface area contributed by atoms with Crippen LogP contribution in [0.4, 0.5) is 5.69 Å². The number of pyridine rings is 1. The molecule has 1 unspecified atom stereocenters. The van der Waals surface area contributed by atoms with Crippen LogP contribution in [0.2, 0.25) is 0 Å². The Bertz CT molecular complexity index is 999. The number of aromatic nitrogens is 1. The summed E-state index contributed by atoms with van der Waals surface area (Å²) >= 11 is 0. The molecule has 8 heteroatoms. The van der Waals surface area contributed by atoms with Crippen molar-refractivity contribution in [3.63, 3.8) is 0 Å². The van der Waals surface area contributed by atoms with Crippen molar-refractivity contribution in [2.45, 2.75) is 6.04 Å². The number of hydrogen-bond acceptors (Lipinski definition) is 6. The van der Waals surface area contributed by atoms with E-state index in [9.17, 15) is 19.7 Å². The molecule has 1 amide bonds. The molecule has 8 nitrogen and oxygen atoms in total.